The SMILES string of the molecule is CC(N)Cc1ccc(N2CCCC2)c(Cl)c1. The van der Waals surface area contributed by atoms with E-state index in [2.05, 4.69) is 23.1 Å². The summed E-state index contributed by atoms with van der Waals surface area (Å²) in [6, 6.07) is 6.51. The van der Waals surface area contributed by atoms with Crippen molar-refractivity contribution in [3.63, 3.8) is 0 Å². The lowest BCUT2D eigenvalue weighted by Gasteiger charge is -2.19. The summed E-state index contributed by atoms with van der Waals surface area (Å²) in [5.74, 6) is 0. The monoisotopic (exact) mass is 238 g/mol. The van der Waals surface area contributed by atoms with Gasteiger partial charge in [-0.2, -0.15) is 0 Å². The van der Waals surface area contributed by atoms with E-state index >= 15 is 0 Å². The predicted octanol–water partition coefficient (Wildman–Crippen LogP) is 2.83. The average molecular weight is 239 g/mol. The number of rotatable bonds is 3. The fourth-order valence-corrected chi connectivity index (χ4v) is 2.59. The van der Waals surface area contributed by atoms with Gasteiger partial charge in [-0.05, 0) is 43.9 Å². The van der Waals surface area contributed by atoms with E-state index in [9.17, 15) is 0 Å². The van der Waals surface area contributed by atoms with Crippen LogP contribution in [0.1, 0.15) is 25.3 Å². The maximum atomic E-state index is 6.31. The highest BCUT2D eigenvalue weighted by molar-refractivity contribution is 6.33. The van der Waals surface area contributed by atoms with Crippen LogP contribution >= 0.6 is 11.6 Å². The Labute approximate surface area is 102 Å². The van der Waals surface area contributed by atoms with Crippen LogP contribution in [0.4, 0.5) is 5.69 Å². The van der Waals surface area contributed by atoms with E-state index in [-0.39, 0.29) is 6.04 Å². The van der Waals surface area contributed by atoms with Crippen LogP contribution in [0.3, 0.4) is 0 Å². The minimum Gasteiger partial charge on any atom is -0.370 e. The lowest BCUT2D eigenvalue weighted by atomic mass is 10.1. The summed E-state index contributed by atoms with van der Waals surface area (Å²) < 4.78 is 0. The van der Waals surface area contributed by atoms with Crippen LogP contribution < -0.4 is 10.6 Å². The van der Waals surface area contributed by atoms with Gasteiger partial charge in [0.25, 0.3) is 0 Å². The molecule has 1 unspecified atom stereocenters. The first-order valence-corrected chi connectivity index (χ1v) is 6.33. The number of hydrogen-bond acceptors (Lipinski definition) is 2. The van der Waals surface area contributed by atoms with E-state index in [1.807, 2.05) is 6.92 Å². The third kappa shape index (κ3) is 2.69. The number of halogens is 1. The molecular weight excluding hydrogens is 220 g/mol. The lowest BCUT2D eigenvalue weighted by molar-refractivity contribution is 0.738. The van der Waals surface area contributed by atoms with Crippen LogP contribution in [0.25, 0.3) is 0 Å². The topological polar surface area (TPSA) is 29.3 Å². The van der Waals surface area contributed by atoms with Crippen molar-refractivity contribution in [3.8, 4) is 0 Å². The van der Waals surface area contributed by atoms with E-state index in [0.29, 0.717) is 0 Å². The van der Waals surface area contributed by atoms with Crippen LogP contribution in [0.2, 0.25) is 5.02 Å². The van der Waals surface area contributed by atoms with Crippen LogP contribution in [-0.4, -0.2) is 19.1 Å². The van der Waals surface area contributed by atoms with Crippen molar-refractivity contribution in [2.24, 2.45) is 5.73 Å². The first-order chi connectivity index (χ1) is 7.66. The van der Waals surface area contributed by atoms with Crippen LogP contribution in [-0.2, 0) is 6.42 Å². The molecule has 2 nitrogen and oxygen atoms in total. The minimum atomic E-state index is 0.189. The Balaban J connectivity index is 2.15. The van der Waals surface area contributed by atoms with Crippen LogP contribution in [0, 0.1) is 0 Å². The molecule has 1 saturated heterocycles. The summed E-state index contributed by atoms with van der Waals surface area (Å²) in [6.07, 6.45) is 3.44. The number of nitrogens with zero attached hydrogens (tertiary/aromatic N) is 1. The number of hydrogen-bond donors (Lipinski definition) is 1. The van der Waals surface area contributed by atoms with E-state index in [1.54, 1.807) is 0 Å². The van der Waals surface area contributed by atoms with Crippen molar-refractivity contribution >= 4 is 17.3 Å². The molecule has 0 saturated carbocycles. The van der Waals surface area contributed by atoms with Gasteiger partial charge in [0.05, 0.1) is 10.7 Å². The molecule has 2 N–H and O–H groups in total. The quantitative estimate of drug-likeness (QED) is 0.878. The predicted molar refractivity (Wildman–Crippen MR) is 70.3 cm³/mol. The average Bonchev–Trinajstić information content (AvgIpc) is 2.69. The van der Waals surface area contributed by atoms with Crippen molar-refractivity contribution in [2.75, 3.05) is 18.0 Å². The first kappa shape index (κ1) is 11.7. The van der Waals surface area contributed by atoms with Gasteiger partial charge in [-0.1, -0.05) is 17.7 Å². The normalized spacial score (nSPS) is 17.8. The molecule has 88 valence electrons. The molecule has 0 aromatic heterocycles. The number of anilines is 1. The third-order valence-electron chi connectivity index (χ3n) is 3.02. The molecule has 1 aromatic rings. The summed E-state index contributed by atoms with van der Waals surface area (Å²) in [4.78, 5) is 2.36. The van der Waals surface area contributed by atoms with Gasteiger partial charge in [0.2, 0.25) is 0 Å². The van der Waals surface area contributed by atoms with Crippen molar-refractivity contribution in [2.45, 2.75) is 32.2 Å². The van der Waals surface area contributed by atoms with Gasteiger partial charge < -0.3 is 10.6 Å². The molecule has 0 spiro atoms. The Morgan fingerprint density at radius 2 is 2.06 bits per heavy atom. The molecule has 0 aliphatic carbocycles. The first-order valence-electron chi connectivity index (χ1n) is 5.96. The highest BCUT2D eigenvalue weighted by atomic mass is 35.5. The molecule has 0 bridgehead atoms. The smallest absolute Gasteiger partial charge is 0.0642 e. The van der Waals surface area contributed by atoms with E-state index in [0.717, 1.165) is 24.5 Å². The number of nitrogens with two attached hydrogens (primary N) is 1. The standard InChI is InChI=1S/C13H19ClN2/c1-10(15)8-11-4-5-13(12(14)9-11)16-6-2-3-7-16/h4-5,9-10H,2-3,6-8,15H2,1H3. The van der Waals surface area contributed by atoms with Gasteiger partial charge in [0, 0.05) is 19.1 Å². The zero-order valence-corrected chi connectivity index (χ0v) is 10.5. The van der Waals surface area contributed by atoms with Crippen molar-refractivity contribution in [1.82, 2.24) is 0 Å². The van der Waals surface area contributed by atoms with Gasteiger partial charge in [-0.25, -0.2) is 0 Å². The maximum Gasteiger partial charge on any atom is 0.0642 e. The Kier molecular flexibility index (Phi) is 3.72. The fourth-order valence-electron chi connectivity index (χ4n) is 2.26. The second-order valence-corrected chi connectivity index (χ2v) is 5.07. The highest BCUT2D eigenvalue weighted by Gasteiger charge is 2.15. The molecule has 1 aliphatic rings. The van der Waals surface area contributed by atoms with E-state index in [1.165, 1.54) is 24.1 Å². The zero-order chi connectivity index (χ0) is 11.5. The number of benzene rings is 1. The largest absolute Gasteiger partial charge is 0.370 e. The molecule has 16 heavy (non-hydrogen) atoms. The second kappa shape index (κ2) is 5.07. The van der Waals surface area contributed by atoms with Crippen LogP contribution in [0.15, 0.2) is 18.2 Å². The molecule has 1 atom stereocenters. The second-order valence-electron chi connectivity index (χ2n) is 4.66. The Hall–Kier alpha value is -0.730. The summed E-state index contributed by atoms with van der Waals surface area (Å²) in [6.45, 7) is 4.28. The van der Waals surface area contributed by atoms with Crippen molar-refractivity contribution in [1.29, 1.82) is 0 Å². The van der Waals surface area contributed by atoms with E-state index < -0.39 is 0 Å². The molecule has 0 radical (unpaired) electrons. The maximum absolute atomic E-state index is 6.31. The van der Waals surface area contributed by atoms with Gasteiger partial charge in [-0.3, -0.25) is 0 Å². The Morgan fingerprint density at radius 1 is 1.38 bits per heavy atom. The van der Waals surface area contributed by atoms with Crippen molar-refractivity contribution in [3.05, 3.63) is 28.8 Å². The molecule has 1 aromatic carbocycles. The van der Waals surface area contributed by atoms with Gasteiger partial charge in [0.1, 0.15) is 0 Å². The molecular formula is C13H19ClN2. The van der Waals surface area contributed by atoms with Gasteiger partial charge in [0.15, 0.2) is 0 Å². The third-order valence-corrected chi connectivity index (χ3v) is 3.32. The highest BCUT2D eigenvalue weighted by Crippen LogP contribution is 2.29. The zero-order valence-electron chi connectivity index (χ0n) is 9.75. The van der Waals surface area contributed by atoms with E-state index in [4.69, 9.17) is 17.3 Å². The molecule has 1 aliphatic heterocycles. The minimum absolute atomic E-state index is 0.189. The summed E-state index contributed by atoms with van der Waals surface area (Å²) in [7, 11) is 0. The lowest BCUT2D eigenvalue weighted by Crippen LogP contribution is -2.19. The summed E-state index contributed by atoms with van der Waals surface area (Å²) in [5.41, 5.74) is 8.18. The van der Waals surface area contributed by atoms with Crippen molar-refractivity contribution < 1.29 is 0 Å². The molecule has 1 fully saturated rings. The Morgan fingerprint density at radius 3 is 2.62 bits per heavy atom. The molecule has 1 heterocycles. The molecule has 0 amide bonds. The van der Waals surface area contributed by atoms with Gasteiger partial charge in [-0.15, -0.1) is 0 Å². The summed E-state index contributed by atoms with van der Waals surface area (Å²) >= 11 is 6.31. The van der Waals surface area contributed by atoms with Crippen LogP contribution in [0.5, 0.6) is 0 Å². The molecule has 2 rings (SSSR count). The molecule has 3 heteroatoms. The fraction of sp³-hybridized carbons (Fsp3) is 0.538. The van der Waals surface area contributed by atoms with Gasteiger partial charge >= 0.3 is 0 Å². The Bertz CT molecular complexity index is 357. The summed E-state index contributed by atoms with van der Waals surface area (Å²) in [5, 5.41) is 0.861.